The fourth-order valence-electron chi connectivity index (χ4n) is 2.53. The minimum absolute atomic E-state index is 0.663. The van der Waals surface area contributed by atoms with Gasteiger partial charge in [-0.15, -0.1) is 0 Å². The van der Waals surface area contributed by atoms with Crippen LogP contribution in [-0.2, 0) is 13.1 Å². The molecule has 2 N–H and O–H groups in total. The van der Waals surface area contributed by atoms with Crippen LogP contribution in [0.1, 0.15) is 11.3 Å². The highest BCUT2D eigenvalue weighted by Crippen LogP contribution is 2.18. The highest BCUT2D eigenvalue weighted by molar-refractivity contribution is 5.49. The van der Waals surface area contributed by atoms with Gasteiger partial charge in [-0.3, -0.25) is 4.98 Å². The van der Waals surface area contributed by atoms with Crippen LogP contribution in [0.25, 0.3) is 0 Å². The van der Waals surface area contributed by atoms with Crippen molar-refractivity contribution in [2.75, 3.05) is 24.9 Å². The predicted molar refractivity (Wildman–Crippen MR) is 105 cm³/mol. The summed E-state index contributed by atoms with van der Waals surface area (Å²) in [6.07, 6.45) is 1.90. The van der Waals surface area contributed by atoms with Gasteiger partial charge >= 0.3 is 0 Å². The lowest BCUT2D eigenvalue weighted by atomic mass is 10.2. The number of nitrogens with one attached hydrogen (secondary N) is 2. The Morgan fingerprint density at radius 3 is 1.92 bits per heavy atom. The number of pyridine rings is 1. The zero-order valence-corrected chi connectivity index (χ0v) is 15.0. The van der Waals surface area contributed by atoms with Gasteiger partial charge in [-0.05, 0) is 35.9 Å². The van der Waals surface area contributed by atoms with Crippen molar-refractivity contribution in [2.45, 2.75) is 13.1 Å². The highest BCUT2D eigenvalue weighted by Gasteiger charge is 2.00. The Kier molecular flexibility index (Phi) is 5.93. The van der Waals surface area contributed by atoms with Crippen molar-refractivity contribution < 1.29 is 9.47 Å². The van der Waals surface area contributed by atoms with E-state index in [9.17, 15) is 0 Å². The average Bonchev–Trinajstić information content (AvgIpc) is 2.72. The summed E-state index contributed by atoms with van der Waals surface area (Å²) in [6, 6.07) is 19.9. The van der Waals surface area contributed by atoms with Crippen LogP contribution in [-0.4, -0.2) is 19.2 Å². The van der Waals surface area contributed by atoms with Crippen molar-refractivity contribution in [3.8, 4) is 11.5 Å². The number of ether oxygens (including phenoxy) is 2. The molecule has 1 heterocycles. The molecule has 0 fully saturated rings. The van der Waals surface area contributed by atoms with E-state index in [1.54, 1.807) is 14.2 Å². The second kappa shape index (κ2) is 8.76. The standard InChI is InChI=1S/C21H23N3O2/c1-25-20-7-3-5-17(11-20)22-13-16-9-10-19(23-14-16)15-24-18-6-4-8-21(12-18)26-2/h3-12,14,22,24H,13,15H2,1-2H3. The Bertz CT molecular complexity index is 764. The molecule has 5 heteroatoms. The van der Waals surface area contributed by atoms with Crippen molar-refractivity contribution in [3.05, 3.63) is 78.1 Å². The predicted octanol–water partition coefficient (Wildman–Crippen LogP) is 4.32. The Labute approximate surface area is 154 Å². The van der Waals surface area contributed by atoms with Gasteiger partial charge in [0.15, 0.2) is 0 Å². The molecule has 0 unspecified atom stereocenters. The first kappa shape index (κ1) is 17.6. The van der Waals surface area contributed by atoms with Gasteiger partial charge in [0.1, 0.15) is 11.5 Å². The van der Waals surface area contributed by atoms with Gasteiger partial charge in [0.25, 0.3) is 0 Å². The molecule has 1 aromatic heterocycles. The summed E-state index contributed by atoms with van der Waals surface area (Å²) in [6.45, 7) is 1.38. The number of methoxy groups -OCH3 is 2. The molecule has 0 radical (unpaired) electrons. The molecular formula is C21H23N3O2. The SMILES string of the molecule is COc1cccc(NCc2ccc(CNc3cccc(OC)c3)nc2)c1. The number of anilines is 2. The summed E-state index contributed by atoms with van der Waals surface area (Å²) in [7, 11) is 3.33. The lowest BCUT2D eigenvalue weighted by Gasteiger charge is -2.10. The third-order valence-electron chi connectivity index (χ3n) is 4.00. The topological polar surface area (TPSA) is 55.4 Å². The minimum atomic E-state index is 0.663. The lowest BCUT2D eigenvalue weighted by Crippen LogP contribution is -2.04. The van der Waals surface area contributed by atoms with E-state index in [1.165, 1.54) is 0 Å². The molecule has 5 nitrogen and oxygen atoms in total. The molecule has 3 rings (SSSR count). The van der Waals surface area contributed by atoms with Crippen molar-refractivity contribution in [3.63, 3.8) is 0 Å². The normalized spacial score (nSPS) is 10.2. The Morgan fingerprint density at radius 2 is 1.38 bits per heavy atom. The van der Waals surface area contributed by atoms with E-state index in [-0.39, 0.29) is 0 Å². The Hall–Kier alpha value is -3.21. The summed E-state index contributed by atoms with van der Waals surface area (Å²) >= 11 is 0. The summed E-state index contributed by atoms with van der Waals surface area (Å²) in [5, 5.41) is 6.73. The third-order valence-corrected chi connectivity index (χ3v) is 4.00. The van der Waals surface area contributed by atoms with Gasteiger partial charge in [0, 0.05) is 36.2 Å². The zero-order chi connectivity index (χ0) is 18.2. The molecule has 134 valence electrons. The molecule has 0 aliphatic carbocycles. The van der Waals surface area contributed by atoms with E-state index in [0.29, 0.717) is 13.1 Å². The van der Waals surface area contributed by atoms with Crippen molar-refractivity contribution in [2.24, 2.45) is 0 Å². The maximum absolute atomic E-state index is 5.23. The number of benzene rings is 2. The van der Waals surface area contributed by atoms with Gasteiger partial charge in [0.05, 0.1) is 26.5 Å². The highest BCUT2D eigenvalue weighted by atomic mass is 16.5. The number of hydrogen-bond donors (Lipinski definition) is 2. The van der Waals surface area contributed by atoms with Crippen LogP contribution in [0.5, 0.6) is 11.5 Å². The quantitative estimate of drug-likeness (QED) is 0.634. The van der Waals surface area contributed by atoms with Crippen LogP contribution >= 0.6 is 0 Å². The van der Waals surface area contributed by atoms with E-state index in [4.69, 9.17) is 9.47 Å². The number of hydrogen-bond acceptors (Lipinski definition) is 5. The van der Waals surface area contributed by atoms with E-state index in [1.807, 2.05) is 60.8 Å². The Morgan fingerprint density at radius 1 is 0.769 bits per heavy atom. The maximum atomic E-state index is 5.23. The van der Waals surface area contributed by atoms with Gasteiger partial charge in [-0.1, -0.05) is 18.2 Å². The second-order valence-corrected chi connectivity index (χ2v) is 5.83. The monoisotopic (exact) mass is 349 g/mol. The van der Waals surface area contributed by atoms with Gasteiger partial charge in [-0.25, -0.2) is 0 Å². The van der Waals surface area contributed by atoms with E-state index >= 15 is 0 Å². The summed E-state index contributed by atoms with van der Waals surface area (Å²) in [4.78, 5) is 4.52. The molecule has 0 amide bonds. The minimum Gasteiger partial charge on any atom is -0.497 e. The Balaban J connectivity index is 1.52. The van der Waals surface area contributed by atoms with E-state index in [2.05, 4.69) is 21.7 Å². The largest absolute Gasteiger partial charge is 0.497 e. The molecule has 0 aliphatic rings. The van der Waals surface area contributed by atoms with E-state index in [0.717, 1.165) is 34.1 Å². The van der Waals surface area contributed by atoms with Gasteiger partial charge in [-0.2, -0.15) is 0 Å². The van der Waals surface area contributed by atoms with Crippen molar-refractivity contribution in [1.82, 2.24) is 4.98 Å². The molecular weight excluding hydrogens is 326 g/mol. The fraction of sp³-hybridized carbons (Fsp3) is 0.190. The molecule has 0 atom stereocenters. The van der Waals surface area contributed by atoms with Crippen LogP contribution in [0.15, 0.2) is 66.9 Å². The number of rotatable bonds is 8. The van der Waals surface area contributed by atoms with Gasteiger partial charge in [0.2, 0.25) is 0 Å². The smallest absolute Gasteiger partial charge is 0.120 e. The molecule has 0 bridgehead atoms. The van der Waals surface area contributed by atoms with Crippen molar-refractivity contribution >= 4 is 11.4 Å². The first-order valence-corrected chi connectivity index (χ1v) is 8.46. The van der Waals surface area contributed by atoms with Crippen LogP contribution in [0, 0.1) is 0 Å². The summed E-state index contributed by atoms with van der Waals surface area (Å²) < 4.78 is 10.5. The molecule has 3 aromatic rings. The van der Waals surface area contributed by atoms with Crippen molar-refractivity contribution in [1.29, 1.82) is 0 Å². The number of aromatic nitrogens is 1. The zero-order valence-electron chi connectivity index (χ0n) is 15.0. The summed E-state index contributed by atoms with van der Waals surface area (Å²) in [5.41, 5.74) is 4.14. The molecule has 0 saturated heterocycles. The van der Waals surface area contributed by atoms with Crippen LogP contribution < -0.4 is 20.1 Å². The van der Waals surface area contributed by atoms with Crippen LogP contribution in [0.3, 0.4) is 0 Å². The third kappa shape index (κ3) is 4.89. The molecule has 0 aliphatic heterocycles. The lowest BCUT2D eigenvalue weighted by molar-refractivity contribution is 0.415. The molecule has 0 saturated carbocycles. The average molecular weight is 349 g/mol. The fourth-order valence-corrected chi connectivity index (χ4v) is 2.53. The van der Waals surface area contributed by atoms with Gasteiger partial charge < -0.3 is 20.1 Å². The molecule has 2 aromatic carbocycles. The summed E-state index contributed by atoms with van der Waals surface area (Å²) in [5.74, 6) is 1.68. The second-order valence-electron chi connectivity index (χ2n) is 5.83. The van der Waals surface area contributed by atoms with Crippen LogP contribution in [0.4, 0.5) is 11.4 Å². The first-order valence-electron chi connectivity index (χ1n) is 8.46. The molecule has 0 spiro atoms. The van der Waals surface area contributed by atoms with Crippen LogP contribution in [0.2, 0.25) is 0 Å². The first-order chi connectivity index (χ1) is 12.8. The molecule has 26 heavy (non-hydrogen) atoms. The van der Waals surface area contributed by atoms with E-state index < -0.39 is 0 Å². The maximum Gasteiger partial charge on any atom is 0.120 e. The number of nitrogens with zero attached hydrogens (tertiary/aromatic N) is 1.